The van der Waals surface area contributed by atoms with E-state index < -0.39 is 12.1 Å². The number of amides is 1. The summed E-state index contributed by atoms with van der Waals surface area (Å²) in [5.74, 6) is 0.0246. The predicted molar refractivity (Wildman–Crippen MR) is 109 cm³/mol. The van der Waals surface area contributed by atoms with E-state index in [4.69, 9.17) is 9.47 Å². The number of hydrogen-bond acceptors (Lipinski definition) is 4. The number of fused-ring (bicyclic) bond motifs is 1. The third-order valence-electron chi connectivity index (χ3n) is 4.69. The fourth-order valence-corrected chi connectivity index (χ4v) is 3.37. The normalized spacial score (nSPS) is 16.7. The molecule has 0 aliphatic carbocycles. The monoisotopic (exact) mass is 379 g/mol. The molecule has 0 aromatic heterocycles. The minimum atomic E-state index is -0.855. The molecule has 1 heterocycles. The molecule has 0 N–H and O–H groups in total. The van der Waals surface area contributed by atoms with Crippen LogP contribution in [0.5, 0.6) is 5.75 Å². The number of carbonyl (C=O) groups excluding carboxylic acids is 2. The molecular weight excluding hydrogens is 354 g/mol. The van der Waals surface area contributed by atoms with E-state index in [9.17, 15) is 9.59 Å². The molecule has 0 saturated heterocycles. The lowest BCUT2D eigenvalue weighted by atomic mass is 10.1. The fourth-order valence-electron chi connectivity index (χ4n) is 3.37. The maximum absolute atomic E-state index is 12.8. The van der Waals surface area contributed by atoms with Crippen LogP contribution >= 0.6 is 0 Å². The number of benzene rings is 2. The lowest BCUT2D eigenvalue weighted by molar-refractivity contribution is -0.149. The van der Waals surface area contributed by atoms with Gasteiger partial charge >= 0.3 is 5.97 Å². The van der Waals surface area contributed by atoms with Gasteiger partial charge in [0, 0.05) is 17.8 Å². The Hall–Kier alpha value is -3.08. The predicted octanol–water partition coefficient (Wildman–Crippen LogP) is 4.01. The largest absolute Gasteiger partial charge is 0.494 e. The molecule has 0 saturated carbocycles. The summed E-state index contributed by atoms with van der Waals surface area (Å²) in [5.41, 5.74) is 2.88. The summed E-state index contributed by atoms with van der Waals surface area (Å²) in [7, 11) is 0. The van der Waals surface area contributed by atoms with Crippen LogP contribution in [-0.4, -0.2) is 30.6 Å². The Bertz CT molecular complexity index is 872. The number of hydrogen-bond donors (Lipinski definition) is 0. The molecule has 0 unspecified atom stereocenters. The summed E-state index contributed by atoms with van der Waals surface area (Å²) in [6.07, 6.45) is 2.94. The molecule has 2 atom stereocenters. The molecule has 2 aromatic carbocycles. The van der Waals surface area contributed by atoms with Crippen LogP contribution in [0.1, 0.15) is 31.9 Å². The summed E-state index contributed by atoms with van der Waals surface area (Å²) >= 11 is 0. The molecule has 1 amide bonds. The summed E-state index contributed by atoms with van der Waals surface area (Å²) < 4.78 is 10.7. The Morgan fingerprint density at radius 3 is 2.61 bits per heavy atom. The highest BCUT2D eigenvalue weighted by molar-refractivity contribution is 6.00. The van der Waals surface area contributed by atoms with E-state index in [2.05, 4.69) is 0 Å². The van der Waals surface area contributed by atoms with Gasteiger partial charge in [0.1, 0.15) is 5.75 Å². The second-order valence-electron chi connectivity index (χ2n) is 6.80. The first-order valence-electron chi connectivity index (χ1n) is 9.52. The summed E-state index contributed by atoms with van der Waals surface area (Å²) in [6, 6.07) is 15.3. The van der Waals surface area contributed by atoms with Gasteiger partial charge in [-0.15, -0.1) is 0 Å². The van der Waals surface area contributed by atoms with E-state index in [1.54, 1.807) is 17.9 Å². The summed E-state index contributed by atoms with van der Waals surface area (Å²) in [5, 5.41) is 0. The van der Waals surface area contributed by atoms with Gasteiger partial charge in [0.25, 0.3) is 5.91 Å². The highest BCUT2D eigenvalue weighted by atomic mass is 16.5. The van der Waals surface area contributed by atoms with Crippen LogP contribution in [0.3, 0.4) is 0 Å². The Morgan fingerprint density at radius 2 is 1.89 bits per heavy atom. The Kier molecular flexibility index (Phi) is 6.14. The van der Waals surface area contributed by atoms with Gasteiger partial charge in [0.05, 0.1) is 6.61 Å². The van der Waals surface area contributed by atoms with E-state index in [-0.39, 0.29) is 11.9 Å². The number of ether oxygens (including phenoxy) is 2. The van der Waals surface area contributed by atoms with E-state index in [1.807, 2.05) is 62.4 Å². The fraction of sp³-hybridized carbons (Fsp3) is 0.304. The van der Waals surface area contributed by atoms with Crippen molar-refractivity contribution in [1.29, 1.82) is 0 Å². The van der Waals surface area contributed by atoms with Crippen molar-refractivity contribution in [2.75, 3.05) is 11.5 Å². The van der Waals surface area contributed by atoms with Crippen molar-refractivity contribution in [2.24, 2.45) is 0 Å². The first-order chi connectivity index (χ1) is 13.5. The molecule has 5 heteroatoms. The molecule has 0 fully saturated rings. The van der Waals surface area contributed by atoms with Crippen LogP contribution in [0.4, 0.5) is 5.69 Å². The number of anilines is 1. The highest BCUT2D eigenvalue weighted by Gasteiger charge is 2.34. The molecule has 0 bridgehead atoms. The quantitative estimate of drug-likeness (QED) is 0.562. The molecular formula is C23H25NO4. The average Bonchev–Trinajstić information content (AvgIpc) is 3.02. The van der Waals surface area contributed by atoms with Gasteiger partial charge in [-0.3, -0.25) is 4.79 Å². The van der Waals surface area contributed by atoms with E-state index >= 15 is 0 Å². The Balaban J connectivity index is 1.60. The maximum Gasteiger partial charge on any atom is 0.331 e. The number of nitrogens with zero attached hydrogens (tertiary/aromatic N) is 1. The van der Waals surface area contributed by atoms with Gasteiger partial charge in [-0.05, 0) is 62.6 Å². The molecule has 0 radical (unpaired) electrons. The molecule has 28 heavy (non-hydrogen) atoms. The van der Waals surface area contributed by atoms with Crippen molar-refractivity contribution in [1.82, 2.24) is 0 Å². The maximum atomic E-state index is 12.8. The van der Waals surface area contributed by atoms with Crippen molar-refractivity contribution in [3.63, 3.8) is 0 Å². The third kappa shape index (κ3) is 4.42. The Morgan fingerprint density at radius 1 is 1.18 bits per heavy atom. The van der Waals surface area contributed by atoms with Crippen molar-refractivity contribution < 1.29 is 19.1 Å². The zero-order valence-electron chi connectivity index (χ0n) is 16.4. The van der Waals surface area contributed by atoms with Crippen molar-refractivity contribution >= 4 is 23.6 Å². The van der Waals surface area contributed by atoms with Crippen molar-refractivity contribution in [3.05, 3.63) is 65.7 Å². The van der Waals surface area contributed by atoms with Crippen LogP contribution in [0, 0.1) is 0 Å². The number of esters is 1. The van der Waals surface area contributed by atoms with E-state index in [1.165, 1.54) is 6.08 Å². The van der Waals surface area contributed by atoms with Crippen LogP contribution in [-0.2, 0) is 20.7 Å². The first-order valence-corrected chi connectivity index (χ1v) is 9.52. The topological polar surface area (TPSA) is 55.8 Å². The minimum absolute atomic E-state index is 0.0467. The molecule has 0 spiro atoms. The van der Waals surface area contributed by atoms with Crippen LogP contribution in [0.15, 0.2) is 54.6 Å². The van der Waals surface area contributed by atoms with Gasteiger partial charge < -0.3 is 14.4 Å². The lowest BCUT2D eigenvalue weighted by Crippen LogP contribution is -2.43. The molecule has 2 aromatic rings. The average molecular weight is 379 g/mol. The molecule has 5 nitrogen and oxygen atoms in total. The zero-order chi connectivity index (χ0) is 20.1. The first kappa shape index (κ1) is 19.7. The molecule has 1 aliphatic rings. The van der Waals surface area contributed by atoms with Crippen LogP contribution < -0.4 is 9.64 Å². The van der Waals surface area contributed by atoms with Crippen LogP contribution in [0.25, 0.3) is 6.08 Å². The van der Waals surface area contributed by atoms with Crippen molar-refractivity contribution in [2.45, 2.75) is 39.3 Å². The van der Waals surface area contributed by atoms with Gasteiger partial charge in [0.2, 0.25) is 0 Å². The second kappa shape index (κ2) is 8.74. The minimum Gasteiger partial charge on any atom is -0.494 e. The Labute approximate surface area is 165 Å². The van der Waals surface area contributed by atoms with Gasteiger partial charge in [0.15, 0.2) is 6.10 Å². The SMILES string of the molecule is CCOc1ccc(/C=C/C(=O)O[C@@H](C)C(=O)N2c3ccccc3C[C@@H]2C)cc1. The smallest absolute Gasteiger partial charge is 0.331 e. The highest BCUT2D eigenvalue weighted by Crippen LogP contribution is 2.32. The van der Waals surface area contributed by atoms with Gasteiger partial charge in [-0.1, -0.05) is 30.3 Å². The summed E-state index contributed by atoms with van der Waals surface area (Å²) in [4.78, 5) is 26.7. The molecule has 3 rings (SSSR count). The van der Waals surface area contributed by atoms with Crippen molar-refractivity contribution in [3.8, 4) is 5.75 Å². The van der Waals surface area contributed by atoms with Crippen LogP contribution in [0.2, 0.25) is 0 Å². The van der Waals surface area contributed by atoms with E-state index in [0.29, 0.717) is 6.61 Å². The lowest BCUT2D eigenvalue weighted by Gasteiger charge is -2.25. The molecule has 1 aliphatic heterocycles. The summed E-state index contributed by atoms with van der Waals surface area (Å²) in [6.45, 7) is 6.14. The second-order valence-corrected chi connectivity index (χ2v) is 6.80. The number of carbonyl (C=O) groups is 2. The number of para-hydroxylation sites is 1. The zero-order valence-corrected chi connectivity index (χ0v) is 16.4. The number of rotatable bonds is 6. The third-order valence-corrected chi connectivity index (χ3v) is 4.69. The van der Waals surface area contributed by atoms with E-state index in [0.717, 1.165) is 29.0 Å². The molecule has 146 valence electrons. The standard InChI is InChI=1S/C23H25NO4/c1-4-27-20-12-9-18(10-13-20)11-14-22(25)28-17(3)23(26)24-16(2)15-19-7-5-6-8-21(19)24/h5-14,16-17H,4,15H2,1-3H3/b14-11+/t16-,17-/m0/s1. The van der Waals surface area contributed by atoms with Gasteiger partial charge in [-0.25, -0.2) is 4.79 Å². The van der Waals surface area contributed by atoms with Gasteiger partial charge in [-0.2, -0.15) is 0 Å².